The van der Waals surface area contributed by atoms with E-state index in [1.165, 1.54) is 12.1 Å². The van der Waals surface area contributed by atoms with E-state index >= 15 is 0 Å². The summed E-state index contributed by atoms with van der Waals surface area (Å²) < 4.78 is 16.2. The van der Waals surface area contributed by atoms with E-state index in [9.17, 15) is 14.3 Å². The molecule has 0 saturated carbocycles. The highest BCUT2D eigenvalue weighted by molar-refractivity contribution is 9.10. The number of carboxylic acid groups (broad SMARTS) is 1. The topological polar surface area (TPSA) is 45.1 Å². The monoisotopic (exact) mass is 324 g/mol. The fourth-order valence-corrected chi connectivity index (χ4v) is 3.48. The Morgan fingerprint density at radius 1 is 1.53 bits per heavy atom. The molecule has 1 aliphatic rings. The number of rotatable bonds is 2. The van der Waals surface area contributed by atoms with Crippen LogP contribution in [0.4, 0.5) is 4.39 Å². The first-order valence-corrected chi connectivity index (χ1v) is 6.97. The van der Waals surface area contributed by atoms with Crippen molar-refractivity contribution in [1.82, 2.24) is 4.57 Å². The third-order valence-electron chi connectivity index (χ3n) is 3.99. The lowest BCUT2D eigenvalue weighted by molar-refractivity contribution is -0.311. The van der Waals surface area contributed by atoms with Crippen LogP contribution in [-0.4, -0.2) is 10.5 Å². The van der Waals surface area contributed by atoms with Crippen LogP contribution in [0.5, 0.6) is 0 Å². The van der Waals surface area contributed by atoms with Gasteiger partial charge in [0.25, 0.3) is 0 Å². The van der Waals surface area contributed by atoms with E-state index < -0.39 is 11.9 Å². The van der Waals surface area contributed by atoms with Crippen molar-refractivity contribution in [1.29, 1.82) is 0 Å². The highest BCUT2D eigenvalue weighted by Crippen LogP contribution is 2.40. The fraction of sp³-hybridized carbons (Fsp3) is 0.357. The summed E-state index contributed by atoms with van der Waals surface area (Å²) in [5.41, 5.74) is 1.77. The molecule has 2 aromatic rings. The molecule has 3 rings (SSSR count). The lowest BCUT2D eigenvalue weighted by Gasteiger charge is -2.19. The van der Waals surface area contributed by atoms with Gasteiger partial charge in [-0.1, -0.05) is 6.92 Å². The van der Waals surface area contributed by atoms with Gasteiger partial charge in [-0.05, 0) is 40.5 Å². The minimum absolute atomic E-state index is 0.0626. The first-order valence-electron chi connectivity index (χ1n) is 6.18. The van der Waals surface area contributed by atoms with E-state index in [4.69, 9.17) is 0 Å². The Morgan fingerprint density at radius 3 is 2.95 bits per heavy atom. The Hall–Kier alpha value is -1.36. The molecule has 1 aromatic carbocycles. The van der Waals surface area contributed by atoms with Gasteiger partial charge in [-0.15, -0.1) is 0 Å². The third-order valence-corrected chi connectivity index (χ3v) is 4.64. The molecule has 0 aliphatic carbocycles. The van der Waals surface area contributed by atoms with Crippen LogP contribution >= 0.6 is 15.9 Å². The average molecular weight is 325 g/mol. The molecule has 100 valence electrons. The third kappa shape index (κ3) is 1.87. The molecule has 0 saturated heterocycles. The maximum absolute atomic E-state index is 13.5. The highest BCUT2D eigenvalue weighted by Gasteiger charge is 2.30. The molecule has 2 atom stereocenters. The number of halogens is 2. The summed E-state index contributed by atoms with van der Waals surface area (Å²) in [4.78, 5) is 11.0. The lowest BCUT2D eigenvalue weighted by Crippen LogP contribution is -2.32. The number of carbonyl (C=O) groups is 1. The molecule has 0 fully saturated rings. The Bertz CT molecular complexity index is 680. The smallest absolute Gasteiger partial charge is 0.126 e. The number of aliphatic carboxylic acids is 1. The molecule has 0 radical (unpaired) electrons. The maximum atomic E-state index is 13.5. The first kappa shape index (κ1) is 12.7. The largest absolute Gasteiger partial charge is 0.550 e. The van der Waals surface area contributed by atoms with E-state index in [1.54, 1.807) is 6.92 Å². The van der Waals surface area contributed by atoms with E-state index in [0.29, 0.717) is 4.47 Å². The van der Waals surface area contributed by atoms with Crippen molar-refractivity contribution >= 4 is 32.8 Å². The van der Waals surface area contributed by atoms with Crippen molar-refractivity contribution in [2.75, 3.05) is 0 Å². The number of aryl methyl sites for hydroxylation is 1. The van der Waals surface area contributed by atoms with E-state index in [2.05, 4.69) is 15.9 Å². The van der Waals surface area contributed by atoms with Crippen molar-refractivity contribution in [3.8, 4) is 0 Å². The van der Waals surface area contributed by atoms with Crippen molar-refractivity contribution < 1.29 is 14.3 Å². The molecule has 0 amide bonds. The van der Waals surface area contributed by atoms with Crippen LogP contribution < -0.4 is 5.11 Å². The number of hydrogen-bond acceptors (Lipinski definition) is 2. The standard InChI is InChI=1S/C14H13BrFNO2/c1-7(14(18)19)9-2-3-17-12-5-8(16)4-11(15)10(12)6-13(9)17/h4-7,9H,2-3H2,1H3,(H,18,19)/p-1. The first-order chi connectivity index (χ1) is 8.99. The Morgan fingerprint density at radius 2 is 2.26 bits per heavy atom. The van der Waals surface area contributed by atoms with Gasteiger partial charge in [-0.3, -0.25) is 0 Å². The molecule has 1 aliphatic heterocycles. The van der Waals surface area contributed by atoms with Crippen LogP contribution in [0.1, 0.15) is 25.0 Å². The number of benzene rings is 1. The molecule has 0 spiro atoms. The number of fused-ring (bicyclic) bond motifs is 3. The van der Waals surface area contributed by atoms with Crippen LogP contribution in [0.25, 0.3) is 10.9 Å². The highest BCUT2D eigenvalue weighted by atomic mass is 79.9. The molecular weight excluding hydrogens is 313 g/mol. The lowest BCUT2D eigenvalue weighted by atomic mass is 9.90. The van der Waals surface area contributed by atoms with Gasteiger partial charge in [-0.2, -0.15) is 0 Å². The second-order valence-corrected chi connectivity index (χ2v) is 5.90. The zero-order valence-electron chi connectivity index (χ0n) is 10.3. The van der Waals surface area contributed by atoms with Gasteiger partial charge in [0, 0.05) is 39.9 Å². The summed E-state index contributed by atoms with van der Waals surface area (Å²) in [7, 11) is 0. The summed E-state index contributed by atoms with van der Waals surface area (Å²) in [5.74, 6) is -1.92. The van der Waals surface area contributed by atoms with E-state index in [0.717, 1.165) is 29.6 Å². The molecule has 19 heavy (non-hydrogen) atoms. The van der Waals surface area contributed by atoms with Gasteiger partial charge in [0.15, 0.2) is 0 Å². The second-order valence-electron chi connectivity index (χ2n) is 5.04. The minimum Gasteiger partial charge on any atom is -0.550 e. The number of aromatic nitrogens is 1. The molecule has 3 nitrogen and oxygen atoms in total. The summed E-state index contributed by atoms with van der Waals surface area (Å²) in [6.45, 7) is 2.39. The Labute approximate surface area is 118 Å². The fourth-order valence-electron chi connectivity index (χ4n) is 2.95. The minimum atomic E-state index is -1.03. The number of hydrogen-bond donors (Lipinski definition) is 0. The van der Waals surface area contributed by atoms with Crippen LogP contribution in [0.15, 0.2) is 22.7 Å². The van der Waals surface area contributed by atoms with Gasteiger partial charge in [-0.25, -0.2) is 4.39 Å². The zero-order valence-corrected chi connectivity index (χ0v) is 11.9. The van der Waals surface area contributed by atoms with Crippen molar-refractivity contribution in [3.05, 3.63) is 34.2 Å². The second kappa shape index (κ2) is 4.34. The van der Waals surface area contributed by atoms with Crippen LogP contribution in [0.3, 0.4) is 0 Å². The summed E-state index contributed by atoms with van der Waals surface area (Å²) in [6, 6.07) is 4.88. The van der Waals surface area contributed by atoms with Gasteiger partial charge in [0.1, 0.15) is 5.82 Å². The quantitative estimate of drug-likeness (QED) is 0.851. The van der Waals surface area contributed by atoms with E-state index in [-0.39, 0.29) is 11.7 Å². The van der Waals surface area contributed by atoms with Crippen molar-refractivity contribution in [2.45, 2.75) is 25.8 Å². The molecule has 0 bridgehead atoms. The van der Waals surface area contributed by atoms with Gasteiger partial charge in [0.2, 0.25) is 0 Å². The molecule has 2 heterocycles. The number of carbonyl (C=O) groups excluding carboxylic acids is 1. The normalized spacial score (nSPS) is 19.6. The zero-order chi connectivity index (χ0) is 13.7. The molecular formula is C14H12BrFNO2-. The summed E-state index contributed by atoms with van der Waals surface area (Å²) in [6.07, 6.45) is 0.758. The predicted octanol–water partition coefficient (Wildman–Crippen LogP) is 2.42. The van der Waals surface area contributed by atoms with E-state index in [1.807, 2.05) is 10.6 Å². The van der Waals surface area contributed by atoms with Crippen LogP contribution in [0, 0.1) is 11.7 Å². The maximum Gasteiger partial charge on any atom is 0.126 e. The van der Waals surface area contributed by atoms with Gasteiger partial charge >= 0.3 is 0 Å². The molecule has 5 heteroatoms. The number of carboxylic acids is 1. The molecule has 0 N–H and O–H groups in total. The summed E-state index contributed by atoms with van der Waals surface area (Å²) in [5, 5.41) is 12.0. The number of nitrogens with zero attached hydrogens (tertiary/aromatic N) is 1. The Kier molecular flexibility index (Phi) is 2.89. The average Bonchev–Trinajstić information content (AvgIpc) is 2.87. The van der Waals surface area contributed by atoms with Gasteiger partial charge in [0.05, 0.1) is 5.52 Å². The summed E-state index contributed by atoms with van der Waals surface area (Å²) >= 11 is 3.35. The Balaban J connectivity index is 2.17. The van der Waals surface area contributed by atoms with Crippen molar-refractivity contribution in [2.24, 2.45) is 5.92 Å². The van der Waals surface area contributed by atoms with Crippen molar-refractivity contribution in [3.63, 3.8) is 0 Å². The SMILES string of the molecule is CC(C(=O)[O-])C1CCn2c1cc1c(Br)cc(F)cc12. The van der Waals surface area contributed by atoms with Crippen LogP contribution in [0.2, 0.25) is 0 Å². The van der Waals surface area contributed by atoms with Gasteiger partial charge < -0.3 is 14.5 Å². The molecule has 1 aromatic heterocycles. The predicted molar refractivity (Wildman–Crippen MR) is 71.1 cm³/mol. The van der Waals surface area contributed by atoms with Crippen LogP contribution in [-0.2, 0) is 11.3 Å². The molecule has 2 unspecified atom stereocenters.